The molecule has 23 heavy (non-hydrogen) atoms. The molecule has 0 saturated carbocycles. The number of rotatable bonds is 3. The number of hydrogen-bond donors (Lipinski definition) is 1. The van der Waals surface area contributed by atoms with E-state index in [-0.39, 0.29) is 0 Å². The van der Waals surface area contributed by atoms with Gasteiger partial charge in [0.1, 0.15) is 5.75 Å². The molecule has 118 valence electrons. The zero-order chi connectivity index (χ0) is 16.4. The van der Waals surface area contributed by atoms with Gasteiger partial charge in [-0.3, -0.25) is 0 Å². The van der Waals surface area contributed by atoms with Crippen LogP contribution < -0.4 is 4.74 Å². The van der Waals surface area contributed by atoms with Gasteiger partial charge in [-0.1, -0.05) is 24.3 Å². The van der Waals surface area contributed by atoms with Crippen LogP contribution in [0.2, 0.25) is 0 Å². The highest BCUT2D eigenvalue weighted by molar-refractivity contribution is 5.98. The van der Waals surface area contributed by atoms with E-state index in [1.54, 1.807) is 13.2 Å². The van der Waals surface area contributed by atoms with E-state index in [4.69, 9.17) is 4.74 Å². The normalized spacial score (nSPS) is 13.3. The van der Waals surface area contributed by atoms with Gasteiger partial charge in [-0.15, -0.1) is 0 Å². The van der Waals surface area contributed by atoms with Crippen molar-refractivity contribution in [2.75, 3.05) is 7.11 Å². The molecule has 2 aromatic carbocycles. The van der Waals surface area contributed by atoms with Gasteiger partial charge in [0, 0.05) is 5.56 Å². The van der Waals surface area contributed by atoms with Crippen molar-refractivity contribution in [3.05, 3.63) is 58.7 Å². The van der Waals surface area contributed by atoms with E-state index in [2.05, 4.69) is 12.2 Å². The Morgan fingerprint density at radius 2 is 2.04 bits per heavy atom. The van der Waals surface area contributed by atoms with Gasteiger partial charge in [0.25, 0.3) is 0 Å². The molecule has 0 atom stereocenters. The average molecular weight is 308 g/mol. The van der Waals surface area contributed by atoms with Gasteiger partial charge < -0.3 is 9.84 Å². The standard InChI is InChI=1S/C20H20O3/c1-13-12-15(23-2)9-11-16(13)19-17-7-5-3-4-6-14(17)8-10-18(19)20(21)22/h4,6,8-12H,3,5,7H2,1-2H3,(H,21,22). The number of benzene rings is 2. The molecule has 0 unspecified atom stereocenters. The Bertz CT molecular complexity index is 788. The average Bonchev–Trinajstić information content (AvgIpc) is 2.79. The Hall–Kier alpha value is -2.55. The Labute approximate surface area is 136 Å². The first kappa shape index (κ1) is 15.3. The fraction of sp³-hybridized carbons (Fsp3) is 0.250. The highest BCUT2D eigenvalue weighted by atomic mass is 16.5. The number of carboxylic acid groups (broad SMARTS) is 1. The molecule has 1 aliphatic carbocycles. The second-order valence-electron chi connectivity index (χ2n) is 5.84. The number of aryl methyl sites for hydroxylation is 1. The van der Waals surface area contributed by atoms with E-state index in [1.165, 1.54) is 0 Å². The quantitative estimate of drug-likeness (QED) is 0.892. The van der Waals surface area contributed by atoms with Crippen LogP contribution in [0.25, 0.3) is 17.2 Å². The van der Waals surface area contributed by atoms with Crippen LogP contribution in [0.15, 0.2) is 36.4 Å². The number of fused-ring (bicyclic) bond motifs is 1. The van der Waals surface area contributed by atoms with Gasteiger partial charge in [-0.2, -0.15) is 0 Å². The molecule has 0 aromatic heterocycles. The van der Waals surface area contributed by atoms with Gasteiger partial charge >= 0.3 is 5.97 Å². The first-order valence-electron chi connectivity index (χ1n) is 7.82. The number of aromatic carboxylic acids is 1. The van der Waals surface area contributed by atoms with Crippen molar-refractivity contribution in [1.29, 1.82) is 0 Å². The van der Waals surface area contributed by atoms with Crippen LogP contribution >= 0.6 is 0 Å². The second-order valence-corrected chi connectivity index (χ2v) is 5.84. The third-order valence-electron chi connectivity index (χ3n) is 4.38. The molecule has 0 heterocycles. The summed E-state index contributed by atoms with van der Waals surface area (Å²) < 4.78 is 5.27. The topological polar surface area (TPSA) is 46.5 Å². The van der Waals surface area contributed by atoms with Gasteiger partial charge in [-0.05, 0) is 66.6 Å². The SMILES string of the molecule is COc1ccc(-c2c(C(=O)O)ccc3c2CCCC=C3)c(C)c1. The molecule has 3 rings (SSSR count). The third-order valence-corrected chi connectivity index (χ3v) is 4.38. The second kappa shape index (κ2) is 6.29. The first-order valence-corrected chi connectivity index (χ1v) is 7.82. The van der Waals surface area contributed by atoms with Crippen molar-refractivity contribution in [1.82, 2.24) is 0 Å². The van der Waals surface area contributed by atoms with Crippen molar-refractivity contribution in [3.8, 4) is 16.9 Å². The van der Waals surface area contributed by atoms with E-state index >= 15 is 0 Å². The molecule has 0 saturated heterocycles. The highest BCUT2D eigenvalue weighted by Gasteiger charge is 2.20. The largest absolute Gasteiger partial charge is 0.497 e. The number of carboxylic acids is 1. The molecule has 0 fully saturated rings. The third kappa shape index (κ3) is 2.87. The minimum absolute atomic E-state index is 0.368. The molecule has 3 nitrogen and oxygen atoms in total. The monoisotopic (exact) mass is 308 g/mol. The molecular formula is C20H20O3. The van der Waals surface area contributed by atoms with Gasteiger partial charge in [0.05, 0.1) is 12.7 Å². The van der Waals surface area contributed by atoms with Crippen LogP contribution in [-0.4, -0.2) is 18.2 Å². The summed E-state index contributed by atoms with van der Waals surface area (Å²) >= 11 is 0. The lowest BCUT2D eigenvalue weighted by atomic mass is 9.87. The summed E-state index contributed by atoms with van der Waals surface area (Å²) in [5.41, 5.74) is 5.46. The molecule has 2 aromatic rings. The Morgan fingerprint density at radius 1 is 1.22 bits per heavy atom. The molecular weight excluding hydrogens is 288 g/mol. The number of allylic oxidation sites excluding steroid dienone is 1. The molecule has 0 bridgehead atoms. The highest BCUT2D eigenvalue weighted by Crippen LogP contribution is 2.36. The molecule has 0 spiro atoms. The predicted octanol–water partition coefficient (Wildman–Crippen LogP) is 4.72. The Morgan fingerprint density at radius 3 is 2.74 bits per heavy atom. The lowest BCUT2D eigenvalue weighted by molar-refractivity contribution is 0.0697. The summed E-state index contributed by atoms with van der Waals surface area (Å²) in [6.07, 6.45) is 7.23. The summed E-state index contributed by atoms with van der Waals surface area (Å²) in [6.45, 7) is 2.00. The summed E-state index contributed by atoms with van der Waals surface area (Å²) in [7, 11) is 1.64. The predicted molar refractivity (Wildman–Crippen MR) is 92.1 cm³/mol. The van der Waals surface area contributed by atoms with Crippen molar-refractivity contribution >= 4 is 12.0 Å². The maximum atomic E-state index is 11.8. The summed E-state index contributed by atoms with van der Waals surface area (Å²) in [5.74, 6) is -0.101. The maximum Gasteiger partial charge on any atom is 0.336 e. The van der Waals surface area contributed by atoms with Crippen molar-refractivity contribution in [2.45, 2.75) is 26.2 Å². The number of carbonyl (C=O) groups is 1. The van der Waals surface area contributed by atoms with E-state index in [0.29, 0.717) is 5.56 Å². The summed E-state index contributed by atoms with van der Waals surface area (Å²) in [6, 6.07) is 9.44. The van der Waals surface area contributed by atoms with Crippen molar-refractivity contribution in [3.63, 3.8) is 0 Å². The summed E-state index contributed by atoms with van der Waals surface area (Å²) in [4.78, 5) is 11.8. The van der Waals surface area contributed by atoms with Crippen LogP contribution in [0.4, 0.5) is 0 Å². The molecule has 0 radical (unpaired) electrons. The van der Waals surface area contributed by atoms with Crippen molar-refractivity contribution < 1.29 is 14.6 Å². The first-order chi connectivity index (χ1) is 11.1. The fourth-order valence-corrected chi connectivity index (χ4v) is 3.23. The summed E-state index contributed by atoms with van der Waals surface area (Å²) in [5, 5.41) is 9.65. The van der Waals surface area contributed by atoms with E-state index < -0.39 is 5.97 Å². The minimum Gasteiger partial charge on any atom is -0.497 e. The number of methoxy groups -OCH3 is 1. The minimum atomic E-state index is -0.883. The van der Waals surface area contributed by atoms with Crippen molar-refractivity contribution in [2.24, 2.45) is 0 Å². The Kier molecular flexibility index (Phi) is 4.20. The number of ether oxygens (including phenoxy) is 1. The van der Waals surface area contributed by atoms with E-state index in [1.807, 2.05) is 31.2 Å². The van der Waals surface area contributed by atoms with Gasteiger partial charge in [-0.25, -0.2) is 4.79 Å². The molecule has 1 aliphatic rings. The van der Waals surface area contributed by atoms with E-state index in [0.717, 1.165) is 52.8 Å². The maximum absolute atomic E-state index is 11.8. The molecule has 0 amide bonds. The zero-order valence-corrected chi connectivity index (χ0v) is 13.4. The smallest absolute Gasteiger partial charge is 0.336 e. The van der Waals surface area contributed by atoms with Gasteiger partial charge in [0.2, 0.25) is 0 Å². The Balaban J connectivity index is 2.28. The fourth-order valence-electron chi connectivity index (χ4n) is 3.23. The molecule has 1 N–H and O–H groups in total. The number of hydrogen-bond acceptors (Lipinski definition) is 2. The van der Waals surface area contributed by atoms with Crippen LogP contribution in [-0.2, 0) is 6.42 Å². The zero-order valence-electron chi connectivity index (χ0n) is 13.4. The van der Waals surface area contributed by atoms with Crippen LogP contribution in [0, 0.1) is 6.92 Å². The lowest BCUT2D eigenvalue weighted by Crippen LogP contribution is -2.05. The van der Waals surface area contributed by atoms with Crippen LogP contribution in [0.5, 0.6) is 5.75 Å². The molecule has 3 heteroatoms. The van der Waals surface area contributed by atoms with E-state index in [9.17, 15) is 9.90 Å². The van der Waals surface area contributed by atoms with Crippen LogP contribution in [0.3, 0.4) is 0 Å². The van der Waals surface area contributed by atoms with Crippen LogP contribution in [0.1, 0.15) is 39.9 Å². The van der Waals surface area contributed by atoms with Gasteiger partial charge in [0.15, 0.2) is 0 Å². The lowest BCUT2D eigenvalue weighted by Gasteiger charge is -2.17. The molecule has 0 aliphatic heterocycles.